The number of rotatable bonds is 4. The van der Waals surface area contributed by atoms with E-state index in [1.54, 1.807) is 0 Å². The average molecular weight is 487 g/mol. The molecule has 0 bridgehead atoms. The summed E-state index contributed by atoms with van der Waals surface area (Å²) in [6.45, 7) is 6.14. The molecule has 0 unspecified atom stereocenters. The maximum atomic E-state index is 13.4. The molecule has 1 atom stereocenters. The van der Waals surface area contributed by atoms with Crippen molar-refractivity contribution in [1.82, 2.24) is 19.6 Å². The highest BCUT2D eigenvalue weighted by Crippen LogP contribution is 2.31. The molecular formula is C24H27ClN4O3S. The highest BCUT2D eigenvalue weighted by atomic mass is 35.5. The molecule has 2 fully saturated rings. The van der Waals surface area contributed by atoms with Gasteiger partial charge in [0.1, 0.15) is 4.83 Å². The highest BCUT2D eigenvalue weighted by molar-refractivity contribution is 7.20. The molecule has 7 nitrogen and oxygen atoms in total. The third-order valence-electron chi connectivity index (χ3n) is 6.48. The standard InChI is InChI=1S/C24H27ClN4O3S/c1-16-19-13-21(33-24(19)29(26-16)15-17-5-2-3-7-20(17)25)23(31)28-8-4-6-18(14-28)22(30)27-9-11-32-12-10-27/h2-3,5,7,13,18H,4,6,8-12,14-15H2,1H3/t18-/m1/s1. The number of nitrogens with zero attached hydrogens (tertiary/aromatic N) is 4. The van der Waals surface area contributed by atoms with Gasteiger partial charge in [-0.3, -0.25) is 14.3 Å². The van der Waals surface area contributed by atoms with Crippen molar-refractivity contribution in [3.8, 4) is 0 Å². The number of piperidine rings is 1. The zero-order chi connectivity index (χ0) is 22.9. The Morgan fingerprint density at radius 2 is 1.97 bits per heavy atom. The van der Waals surface area contributed by atoms with Gasteiger partial charge in [0.15, 0.2) is 0 Å². The molecule has 3 aromatic rings. The molecule has 0 spiro atoms. The fraction of sp³-hybridized carbons (Fsp3) is 0.458. The van der Waals surface area contributed by atoms with E-state index in [2.05, 4.69) is 5.10 Å². The molecule has 0 saturated carbocycles. The Labute approximate surface area is 201 Å². The molecule has 2 aromatic heterocycles. The predicted molar refractivity (Wildman–Crippen MR) is 129 cm³/mol. The van der Waals surface area contributed by atoms with Crippen molar-refractivity contribution in [2.45, 2.75) is 26.3 Å². The van der Waals surface area contributed by atoms with Crippen molar-refractivity contribution in [2.75, 3.05) is 39.4 Å². The third-order valence-corrected chi connectivity index (χ3v) is 7.98. The van der Waals surface area contributed by atoms with E-state index in [0.717, 1.165) is 34.3 Å². The first-order valence-electron chi connectivity index (χ1n) is 11.4. The van der Waals surface area contributed by atoms with Crippen LogP contribution in [0.25, 0.3) is 10.2 Å². The average Bonchev–Trinajstić information content (AvgIpc) is 3.41. The second-order valence-electron chi connectivity index (χ2n) is 8.69. The lowest BCUT2D eigenvalue weighted by Gasteiger charge is -2.36. The van der Waals surface area contributed by atoms with Crippen molar-refractivity contribution in [3.05, 3.63) is 51.5 Å². The molecule has 0 aliphatic carbocycles. The van der Waals surface area contributed by atoms with E-state index < -0.39 is 0 Å². The predicted octanol–water partition coefficient (Wildman–Crippen LogP) is 3.82. The molecular weight excluding hydrogens is 460 g/mol. The lowest BCUT2D eigenvalue weighted by molar-refractivity contribution is -0.141. The van der Waals surface area contributed by atoms with E-state index in [4.69, 9.17) is 16.3 Å². The molecule has 9 heteroatoms. The highest BCUT2D eigenvalue weighted by Gasteiger charge is 2.33. The largest absolute Gasteiger partial charge is 0.378 e. The maximum absolute atomic E-state index is 13.4. The fourth-order valence-corrected chi connectivity index (χ4v) is 6.00. The number of aromatic nitrogens is 2. The van der Waals surface area contributed by atoms with Crippen molar-refractivity contribution < 1.29 is 14.3 Å². The second kappa shape index (κ2) is 9.44. The minimum atomic E-state index is -0.132. The summed E-state index contributed by atoms with van der Waals surface area (Å²) in [6, 6.07) is 9.68. The van der Waals surface area contributed by atoms with Gasteiger partial charge < -0.3 is 14.5 Å². The van der Waals surface area contributed by atoms with Crippen molar-refractivity contribution in [1.29, 1.82) is 0 Å². The molecule has 0 radical (unpaired) electrons. The summed E-state index contributed by atoms with van der Waals surface area (Å²) < 4.78 is 7.29. The number of amides is 2. The fourth-order valence-electron chi connectivity index (χ4n) is 4.67. The summed E-state index contributed by atoms with van der Waals surface area (Å²) >= 11 is 7.81. The number of morpholine rings is 1. The van der Waals surface area contributed by atoms with E-state index in [0.29, 0.717) is 55.8 Å². The first-order valence-corrected chi connectivity index (χ1v) is 12.6. The second-order valence-corrected chi connectivity index (χ2v) is 10.1. The van der Waals surface area contributed by atoms with Crippen LogP contribution in [0.2, 0.25) is 5.02 Å². The topological polar surface area (TPSA) is 67.7 Å². The Kier molecular flexibility index (Phi) is 6.40. The molecule has 33 heavy (non-hydrogen) atoms. The van der Waals surface area contributed by atoms with Crippen LogP contribution in [-0.2, 0) is 16.1 Å². The van der Waals surface area contributed by atoms with Crippen LogP contribution in [0.15, 0.2) is 30.3 Å². The number of hydrogen-bond donors (Lipinski definition) is 0. The number of halogens is 1. The van der Waals surface area contributed by atoms with Gasteiger partial charge in [0.2, 0.25) is 5.91 Å². The van der Waals surface area contributed by atoms with Gasteiger partial charge in [-0.1, -0.05) is 29.8 Å². The van der Waals surface area contributed by atoms with E-state index >= 15 is 0 Å². The van der Waals surface area contributed by atoms with Crippen molar-refractivity contribution in [3.63, 3.8) is 0 Å². The first kappa shape index (κ1) is 22.4. The summed E-state index contributed by atoms with van der Waals surface area (Å²) in [5.74, 6) is 0.0189. The quantitative estimate of drug-likeness (QED) is 0.562. The SMILES string of the molecule is Cc1nn(Cc2ccccc2Cl)c2sc(C(=O)N3CCC[C@@H](C(=O)N4CCOCC4)C3)cc12. The number of aryl methyl sites for hydroxylation is 1. The molecule has 5 rings (SSSR count). The normalized spacial score (nSPS) is 19.3. The van der Waals surface area contributed by atoms with Crippen LogP contribution in [0, 0.1) is 12.8 Å². The molecule has 2 saturated heterocycles. The maximum Gasteiger partial charge on any atom is 0.264 e. The lowest BCUT2D eigenvalue weighted by atomic mass is 9.96. The Morgan fingerprint density at radius 1 is 1.18 bits per heavy atom. The zero-order valence-corrected chi connectivity index (χ0v) is 20.2. The summed E-state index contributed by atoms with van der Waals surface area (Å²) in [5.41, 5.74) is 1.89. The summed E-state index contributed by atoms with van der Waals surface area (Å²) in [4.78, 5) is 31.7. The molecule has 4 heterocycles. The summed E-state index contributed by atoms with van der Waals surface area (Å²) in [5, 5.41) is 6.37. The summed E-state index contributed by atoms with van der Waals surface area (Å²) in [7, 11) is 0. The van der Waals surface area contributed by atoms with Gasteiger partial charge >= 0.3 is 0 Å². The minimum Gasteiger partial charge on any atom is -0.378 e. The number of hydrogen-bond acceptors (Lipinski definition) is 5. The van der Waals surface area contributed by atoms with E-state index in [-0.39, 0.29) is 17.7 Å². The van der Waals surface area contributed by atoms with Gasteiger partial charge in [0.25, 0.3) is 5.91 Å². The van der Waals surface area contributed by atoms with Gasteiger partial charge in [-0.15, -0.1) is 11.3 Å². The van der Waals surface area contributed by atoms with Gasteiger partial charge in [-0.25, -0.2) is 0 Å². The monoisotopic (exact) mass is 486 g/mol. The molecule has 2 aliphatic heterocycles. The first-order chi connectivity index (χ1) is 16.0. The van der Waals surface area contributed by atoms with Crippen molar-refractivity contribution in [2.24, 2.45) is 5.92 Å². The Balaban J connectivity index is 1.34. The van der Waals surface area contributed by atoms with Crippen LogP contribution in [0.4, 0.5) is 0 Å². The van der Waals surface area contributed by atoms with E-state index in [9.17, 15) is 9.59 Å². The molecule has 1 aromatic carbocycles. The van der Waals surface area contributed by atoms with Crippen LogP contribution < -0.4 is 0 Å². The van der Waals surface area contributed by atoms with Gasteiger partial charge in [-0.2, -0.15) is 5.10 Å². The molecule has 2 aliphatic rings. The van der Waals surface area contributed by atoms with Crippen LogP contribution in [0.5, 0.6) is 0 Å². The smallest absolute Gasteiger partial charge is 0.264 e. The van der Waals surface area contributed by atoms with Crippen LogP contribution >= 0.6 is 22.9 Å². The van der Waals surface area contributed by atoms with E-state index in [1.165, 1.54) is 11.3 Å². The number of carbonyl (C=O) groups is 2. The van der Waals surface area contributed by atoms with Gasteiger partial charge in [0, 0.05) is 36.6 Å². The third kappa shape index (κ3) is 4.52. The van der Waals surface area contributed by atoms with Crippen LogP contribution in [0.1, 0.15) is 33.8 Å². The number of benzene rings is 1. The minimum absolute atomic E-state index is 0.000582. The molecule has 0 N–H and O–H groups in total. The zero-order valence-electron chi connectivity index (χ0n) is 18.6. The van der Waals surface area contributed by atoms with E-state index in [1.807, 2.05) is 51.7 Å². The number of fused-ring (bicyclic) bond motifs is 1. The van der Waals surface area contributed by atoms with Crippen LogP contribution in [0.3, 0.4) is 0 Å². The van der Waals surface area contributed by atoms with Crippen molar-refractivity contribution >= 4 is 45.0 Å². The number of thiophene rings is 1. The number of likely N-dealkylation sites (tertiary alicyclic amines) is 1. The summed E-state index contributed by atoms with van der Waals surface area (Å²) in [6.07, 6.45) is 1.68. The molecule has 2 amide bonds. The van der Waals surface area contributed by atoms with Gasteiger partial charge in [-0.05, 0) is 37.5 Å². The Hall–Kier alpha value is -2.42. The lowest BCUT2D eigenvalue weighted by Crippen LogP contribution is -2.49. The molecule has 174 valence electrons. The Morgan fingerprint density at radius 3 is 2.76 bits per heavy atom. The number of ether oxygens (including phenoxy) is 1. The van der Waals surface area contributed by atoms with Crippen LogP contribution in [-0.4, -0.2) is 70.8 Å². The number of carbonyl (C=O) groups excluding carboxylic acids is 2. The Bertz CT molecular complexity index is 1180. The van der Waals surface area contributed by atoms with Gasteiger partial charge in [0.05, 0.1) is 36.2 Å².